The molecule has 4 rings (SSSR count). The van der Waals surface area contributed by atoms with Crippen LogP contribution in [0.2, 0.25) is 0 Å². The average Bonchev–Trinajstić information content (AvgIpc) is 3.67. The minimum atomic E-state index is -0.0876. The van der Waals surface area contributed by atoms with Gasteiger partial charge in [-0.05, 0) is 150 Å². The van der Waals surface area contributed by atoms with Gasteiger partial charge in [0, 0.05) is 52.1 Å². The van der Waals surface area contributed by atoms with Gasteiger partial charge >= 0.3 is 5.97 Å². The summed E-state index contributed by atoms with van der Waals surface area (Å²) < 4.78 is 18.8. The van der Waals surface area contributed by atoms with Crippen molar-refractivity contribution in [1.29, 1.82) is 0 Å². The molecule has 7 nitrogen and oxygen atoms in total. The van der Waals surface area contributed by atoms with Crippen LogP contribution < -0.4 is 0 Å². The van der Waals surface area contributed by atoms with E-state index >= 15 is 0 Å². The Morgan fingerprint density at radius 1 is 0.647 bits per heavy atom. The molecule has 0 heterocycles. The molecule has 396 valence electrons. The summed E-state index contributed by atoms with van der Waals surface area (Å²) in [6.07, 6.45) is 41.1. The molecule has 0 spiro atoms. The van der Waals surface area contributed by atoms with Crippen LogP contribution in [-0.4, -0.2) is 81.0 Å². The van der Waals surface area contributed by atoms with Gasteiger partial charge in [0.2, 0.25) is 5.91 Å². The number of carbonyl (C=O) groups is 2. The minimum absolute atomic E-state index is 0.0254. The predicted molar refractivity (Wildman–Crippen MR) is 287 cm³/mol. The van der Waals surface area contributed by atoms with Crippen molar-refractivity contribution in [3.63, 3.8) is 0 Å². The standard InChI is InChI=1S/C61H112N2O5/c1-10-12-14-16-20-27-46-66-59(67-47-28-21-17-15-13-11-2)33-24-18-19-25-43-63(57(64)40-45-62(8)9)44-26-22-23-32-58(65)68-52-38-41-60(6)51(48-52)34-35-53-55-37-36-54(50(5)31-29-30-49(3)4)61(55,7)42-39-56(53)60/h34,49-50,52-56,59H,10-33,35-48H2,1-9H3. The Labute approximate surface area is 421 Å². The van der Waals surface area contributed by atoms with E-state index < -0.39 is 0 Å². The zero-order valence-corrected chi connectivity index (χ0v) is 46.5. The molecule has 3 fully saturated rings. The Hall–Kier alpha value is -1.44. The highest BCUT2D eigenvalue weighted by Gasteiger charge is 2.59. The van der Waals surface area contributed by atoms with Gasteiger partial charge in [0.25, 0.3) is 0 Å². The Morgan fingerprint density at radius 3 is 1.91 bits per heavy atom. The lowest BCUT2D eigenvalue weighted by atomic mass is 9.47. The van der Waals surface area contributed by atoms with Crippen molar-refractivity contribution < 1.29 is 23.8 Å². The molecule has 0 aromatic carbocycles. The molecule has 68 heavy (non-hydrogen) atoms. The van der Waals surface area contributed by atoms with Crippen molar-refractivity contribution in [1.82, 2.24) is 9.80 Å². The SMILES string of the molecule is CCCCCCCCOC(CCCCCCN(CCCCCC(=O)OC1CCC2(C)C(=CCC3C2CCC2(C)C(C(C)CCCC(C)C)CCC32)C1)C(=O)CCN(C)C)OCCCCCCCC. The van der Waals surface area contributed by atoms with Gasteiger partial charge < -0.3 is 24.0 Å². The third-order valence-electron chi connectivity index (χ3n) is 18.2. The van der Waals surface area contributed by atoms with E-state index in [2.05, 4.69) is 64.3 Å². The van der Waals surface area contributed by atoms with Gasteiger partial charge in [-0.3, -0.25) is 9.59 Å². The van der Waals surface area contributed by atoms with E-state index in [0.717, 1.165) is 152 Å². The molecule has 7 heteroatoms. The fraction of sp³-hybridized carbons (Fsp3) is 0.934. The molecule has 1 amide bonds. The number of hydrogen-bond donors (Lipinski definition) is 0. The largest absolute Gasteiger partial charge is 0.462 e. The molecule has 0 saturated heterocycles. The first-order valence-corrected chi connectivity index (χ1v) is 29.9. The average molecular weight is 954 g/mol. The Morgan fingerprint density at radius 2 is 1.26 bits per heavy atom. The van der Waals surface area contributed by atoms with Crippen LogP contribution in [0.15, 0.2) is 11.6 Å². The van der Waals surface area contributed by atoms with Gasteiger partial charge in [0.1, 0.15) is 6.10 Å². The molecular weight excluding hydrogens is 841 g/mol. The van der Waals surface area contributed by atoms with Gasteiger partial charge in [-0.15, -0.1) is 0 Å². The fourth-order valence-corrected chi connectivity index (χ4v) is 14.0. The topological polar surface area (TPSA) is 68.3 Å². The first kappa shape index (κ1) is 59.1. The summed E-state index contributed by atoms with van der Waals surface area (Å²) in [5.41, 5.74) is 2.39. The van der Waals surface area contributed by atoms with Crippen molar-refractivity contribution in [3.05, 3.63) is 11.6 Å². The maximum Gasteiger partial charge on any atom is 0.306 e. The molecule has 4 aliphatic carbocycles. The molecule has 8 unspecified atom stereocenters. The van der Waals surface area contributed by atoms with Crippen LogP contribution in [0.1, 0.15) is 260 Å². The third-order valence-corrected chi connectivity index (χ3v) is 18.2. The number of fused-ring (bicyclic) bond motifs is 5. The van der Waals surface area contributed by atoms with Crippen LogP contribution in [0, 0.1) is 46.3 Å². The normalized spacial score (nSPS) is 26.2. The highest BCUT2D eigenvalue weighted by atomic mass is 16.7. The maximum absolute atomic E-state index is 13.4. The van der Waals surface area contributed by atoms with Gasteiger partial charge in [-0.1, -0.05) is 163 Å². The molecule has 0 N–H and O–H groups in total. The molecule has 0 radical (unpaired) electrons. The van der Waals surface area contributed by atoms with Gasteiger partial charge in [0.05, 0.1) is 0 Å². The fourth-order valence-electron chi connectivity index (χ4n) is 14.0. The number of carbonyl (C=O) groups excluding carboxylic acids is 2. The third kappa shape index (κ3) is 19.9. The van der Waals surface area contributed by atoms with Crippen molar-refractivity contribution in [2.75, 3.05) is 46.9 Å². The summed E-state index contributed by atoms with van der Waals surface area (Å²) in [6, 6.07) is 0. The Kier molecular flexibility index (Phi) is 28.3. The van der Waals surface area contributed by atoms with Crippen LogP contribution in [0.4, 0.5) is 0 Å². The van der Waals surface area contributed by atoms with E-state index in [1.165, 1.54) is 116 Å². The zero-order valence-electron chi connectivity index (χ0n) is 46.5. The summed E-state index contributed by atoms with van der Waals surface area (Å²) in [6.45, 7) is 21.1. The number of amides is 1. The lowest BCUT2D eigenvalue weighted by molar-refractivity contribution is -0.151. The Bertz CT molecular complexity index is 1380. The van der Waals surface area contributed by atoms with E-state index in [1.54, 1.807) is 5.57 Å². The highest BCUT2D eigenvalue weighted by Crippen LogP contribution is 2.67. The summed E-state index contributed by atoms with van der Waals surface area (Å²) in [4.78, 5) is 30.8. The van der Waals surface area contributed by atoms with Crippen LogP contribution in [0.25, 0.3) is 0 Å². The number of hydrogen-bond acceptors (Lipinski definition) is 6. The first-order chi connectivity index (χ1) is 32.8. The summed E-state index contributed by atoms with van der Waals surface area (Å²) >= 11 is 0. The second kappa shape index (κ2) is 32.6. The number of unbranched alkanes of at least 4 members (excludes halogenated alkanes) is 15. The van der Waals surface area contributed by atoms with Crippen molar-refractivity contribution >= 4 is 11.9 Å². The smallest absolute Gasteiger partial charge is 0.306 e. The quantitative estimate of drug-likeness (QED) is 0.0266. The summed E-state index contributed by atoms with van der Waals surface area (Å²) in [5.74, 6) is 5.29. The van der Waals surface area contributed by atoms with Gasteiger partial charge in [0.15, 0.2) is 6.29 Å². The predicted octanol–water partition coefficient (Wildman–Crippen LogP) is 16.3. The molecule has 0 aliphatic heterocycles. The van der Waals surface area contributed by atoms with Crippen LogP contribution in [-0.2, 0) is 23.8 Å². The summed E-state index contributed by atoms with van der Waals surface area (Å²) in [7, 11) is 4.08. The lowest BCUT2D eigenvalue weighted by Gasteiger charge is -2.58. The number of esters is 1. The van der Waals surface area contributed by atoms with E-state index in [-0.39, 0.29) is 29.7 Å². The monoisotopic (exact) mass is 953 g/mol. The van der Waals surface area contributed by atoms with E-state index in [0.29, 0.717) is 18.3 Å². The highest BCUT2D eigenvalue weighted by molar-refractivity contribution is 5.76. The van der Waals surface area contributed by atoms with Gasteiger partial charge in [-0.25, -0.2) is 0 Å². The second-order valence-corrected chi connectivity index (χ2v) is 24.3. The molecular formula is C61H112N2O5. The van der Waals surface area contributed by atoms with Crippen molar-refractivity contribution in [2.24, 2.45) is 46.3 Å². The number of ether oxygens (including phenoxy) is 3. The van der Waals surface area contributed by atoms with Crippen molar-refractivity contribution in [3.8, 4) is 0 Å². The first-order valence-electron chi connectivity index (χ1n) is 29.9. The van der Waals surface area contributed by atoms with Gasteiger partial charge in [-0.2, -0.15) is 0 Å². The molecule has 3 saturated carbocycles. The number of nitrogens with zero attached hydrogens (tertiary/aromatic N) is 2. The van der Waals surface area contributed by atoms with E-state index in [4.69, 9.17) is 14.2 Å². The van der Waals surface area contributed by atoms with Crippen LogP contribution in [0.3, 0.4) is 0 Å². The minimum Gasteiger partial charge on any atom is -0.462 e. The van der Waals surface area contributed by atoms with Crippen molar-refractivity contribution in [2.45, 2.75) is 273 Å². The number of allylic oxidation sites excluding steroid dienone is 1. The van der Waals surface area contributed by atoms with E-state index in [9.17, 15) is 9.59 Å². The molecule has 8 atom stereocenters. The molecule has 0 aromatic heterocycles. The lowest BCUT2D eigenvalue weighted by Crippen LogP contribution is -2.51. The van der Waals surface area contributed by atoms with Crippen LogP contribution in [0.5, 0.6) is 0 Å². The number of rotatable bonds is 38. The second-order valence-electron chi connectivity index (χ2n) is 24.3. The van der Waals surface area contributed by atoms with E-state index in [1.807, 2.05) is 14.1 Å². The Balaban J connectivity index is 1.14. The zero-order chi connectivity index (χ0) is 49.2. The molecule has 4 aliphatic rings. The van der Waals surface area contributed by atoms with Crippen LogP contribution >= 0.6 is 0 Å². The summed E-state index contributed by atoms with van der Waals surface area (Å²) in [5, 5.41) is 0. The molecule has 0 bridgehead atoms. The molecule has 0 aromatic rings. The maximum atomic E-state index is 13.4.